The van der Waals surface area contributed by atoms with Gasteiger partial charge in [-0.05, 0) is 39.7 Å². The third-order valence-electron chi connectivity index (χ3n) is 5.32. The van der Waals surface area contributed by atoms with E-state index in [1.165, 1.54) is 0 Å². The molecule has 1 aliphatic heterocycles. The number of fused-ring (bicyclic) bond motifs is 1. The van der Waals surface area contributed by atoms with E-state index in [0.717, 1.165) is 20.3 Å². The molecule has 0 bridgehead atoms. The predicted molar refractivity (Wildman–Crippen MR) is 122 cm³/mol. The third-order valence-corrected chi connectivity index (χ3v) is 7.32. The van der Waals surface area contributed by atoms with Gasteiger partial charge in [-0.1, -0.05) is 41.3 Å². The number of nitrogens with one attached hydrogen (secondary N) is 1. The Kier molecular flexibility index (Phi) is 6.62. The van der Waals surface area contributed by atoms with E-state index in [1.807, 2.05) is 45.0 Å². The highest BCUT2D eigenvalue weighted by Crippen LogP contribution is 2.34. The zero-order chi connectivity index (χ0) is 22.0. The van der Waals surface area contributed by atoms with Gasteiger partial charge >= 0.3 is 0 Å². The Morgan fingerprint density at radius 3 is 2.68 bits per heavy atom. The van der Waals surface area contributed by atoms with Crippen LogP contribution in [0.2, 0.25) is 0 Å². The van der Waals surface area contributed by atoms with Gasteiger partial charge in [0.05, 0.1) is 0 Å². The van der Waals surface area contributed by atoms with E-state index < -0.39 is 0 Å². The normalized spacial score (nSPS) is 15.0. The summed E-state index contributed by atoms with van der Waals surface area (Å²) in [6, 6.07) is 7.86. The zero-order valence-electron chi connectivity index (χ0n) is 17.9. The summed E-state index contributed by atoms with van der Waals surface area (Å²) < 4.78 is 6.89. The van der Waals surface area contributed by atoms with E-state index in [4.69, 9.17) is 4.42 Å². The Morgan fingerprint density at radius 1 is 1.26 bits per heavy atom. The maximum Gasteiger partial charge on any atom is 0.289 e. The molecule has 1 aromatic carbocycles. The van der Waals surface area contributed by atoms with E-state index in [0.29, 0.717) is 43.0 Å². The second-order valence-corrected chi connectivity index (χ2v) is 10.4. The molecule has 3 aromatic rings. The number of rotatable bonds is 6. The summed E-state index contributed by atoms with van der Waals surface area (Å²) >= 11 is 3.10. The highest BCUT2D eigenvalue weighted by Gasteiger charge is 2.31. The minimum atomic E-state index is -0.108. The number of thioether (sulfide) groups is 1. The Hall–Kier alpha value is -2.39. The van der Waals surface area contributed by atoms with Gasteiger partial charge in [0.15, 0.2) is 10.1 Å². The average molecular weight is 459 g/mol. The van der Waals surface area contributed by atoms with Crippen molar-refractivity contribution in [2.45, 2.75) is 49.7 Å². The Bertz CT molecular complexity index is 1080. The van der Waals surface area contributed by atoms with Gasteiger partial charge in [-0.25, -0.2) is 0 Å². The number of hydrogen-bond acceptors (Lipinski definition) is 7. The fourth-order valence-electron chi connectivity index (χ4n) is 3.78. The molecule has 0 saturated carbocycles. The molecule has 31 heavy (non-hydrogen) atoms. The molecule has 1 fully saturated rings. The second-order valence-electron chi connectivity index (χ2n) is 8.01. The van der Waals surface area contributed by atoms with Crippen LogP contribution >= 0.6 is 23.1 Å². The standard InChI is InChI=1S/C22H26N4O3S2/c1-13(2)23-20(27)15-8-10-26(11-9-15)21(28)19-17(12-30-22-25-24-14(3)31-22)16-6-4-5-7-18(16)29-19/h4-7,13,15H,8-12H2,1-3H3,(H,23,27). The lowest BCUT2D eigenvalue weighted by Gasteiger charge is -2.31. The molecule has 0 aliphatic carbocycles. The lowest BCUT2D eigenvalue weighted by Crippen LogP contribution is -2.44. The van der Waals surface area contributed by atoms with E-state index in [1.54, 1.807) is 28.0 Å². The smallest absolute Gasteiger partial charge is 0.289 e. The van der Waals surface area contributed by atoms with Crippen molar-refractivity contribution in [1.82, 2.24) is 20.4 Å². The number of piperidine rings is 1. The molecule has 3 heterocycles. The van der Waals surface area contributed by atoms with Gasteiger partial charge in [0.2, 0.25) is 5.91 Å². The summed E-state index contributed by atoms with van der Waals surface area (Å²) in [5.41, 5.74) is 1.60. The molecule has 164 valence electrons. The number of amides is 2. The van der Waals surface area contributed by atoms with E-state index in [2.05, 4.69) is 15.5 Å². The summed E-state index contributed by atoms with van der Waals surface area (Å²) in [7, 11) is 0. The molecular formula is C22H26N4O3S2. The number of para-hydroxylation sites is 1. The number of carbonyl (C=O) groups is 2. The molecule has 0 spiro atoms. The topological polar surface area (TPSA) is 88.3 Å². The lowest BCUT2D eigenvalue weighted by atomic mass is 9.95. The van der Waals surface area contributed by atoms with Crippen molar-refractivity contribution in [3.63, 3.8) is 0 Å². The number of carbonyl (C=O) groups excluding carboxylic acids is 2. The summed E-state index contributed by atoms with van der Waals surface area (Å²) in [6.07, 6.45) is 1.33. The summed E-state index contributed by atoms with van der Waals surface area (Å²) in [5, 5.41) is 13.1. The van der Waals surface area contributed by atoms with Crippen molar-refractivity contribution in [2.24, 2.45) is 5.92 Å². The van der Waals surface area contributed by atoms with E-state index >= 15 is 0 Å². The number of aryl methyl sites for hydroxylation is 1. The molecule has 9 heteroatoms. The van der Waals surface area contributed by atoms with Crippen LogP contribution in [0.3, 0.4) is 0 Å². The second kappa shape index (κ2) is 9.40. The first-order valence-corrected chi connectivity index (χ1v) is 12.3. The average Bonchev–Trinajstić information content (AvgIpc) is 3.34. The molecule has 0 unspecified atom stereocenters. The Labute approximate surface area is 189 Å². The minimum absolute atomic E-state index is 0.0437. The number of benzene rings is 1. The fraction of sp³-hybridized carbons (Fsp3) is 0.455. The third kappa shape index (κ3) is 4.93. The summed E-state index contributed by atoms with van der Waals surface area (Å²) in [5.74, 6) is 0.899. The summed E-state index contributed by atoms with van der Waals surface area (Å²) in [4.78, 5) is 27.5. The molecule has 2 amide bonds. The number of furan rings is 1. The maximum atomic E-state index is 13.4. The highest BCUT2D eigenvalue weighted by atomic mass is 32.2. The molecule has 0 radical (unpaired) electrons. The molecular weight excluding hydrogens is 432 g/mol. The van der Waals surface area contributed by atoms with Crippen LogP contribution in [0, 0.1) is 12.8 Å². The first kappa shape index (κ1) is 21.8. The van der Waals surface area contributed by atoms with Crippen LogP contribution in [0.1, 0.15) is 47.8 Å². The molecule has 1 N–H and O–H groups in total. The number of likely N-dealkylation sites (tertiary alicyclic amines) is 1. The van der Waals surface area contributed by atoms with Crippen molar-refractivity contribution in [1.29, 1.82) is 0 Å². The van der Waals surface area contributed by atoms with Crippen molar-refractivity contribution in [3.8, 4) is 0 Å². The Morgan fingerprint density at radius 2 is 2.00 bits per heavy atom. The molecule has 7 nitrogen and oxygen atoms in total. The summed E-state index contributed by atoms with van der Waals surface area (Å²) in [6.45, 7) is 6.94. The Balaban J connectivity index is 1.51. The maximum absolute atomic E-state index is 13.4. The van der Waals surface area contributed by atoms with Crippen LogP contribution in [-0.2, 0) is 10.5 Å². The van der Waals surface area contributed by atoms with Gasteiger partial charge in [-0.15, -0.1) is 10.2 Å². The zero-order valence-corrected chi connectivity index (χ0v) is 19.5. The predicted octanol–water partition coefficient (Wildman–Crippen LogP) is 4.26. The van der Waals surface area contributed by atoms with Crippen LogP contribution in [0.5, 0.6) is 0 Å². The van der Waals surface area contributed by atoms with Crippen molar-refractivity contribution >= 4 is 45.9 Å². The molecule has 4 rings (SSSR count). The van der Waals surface area contributed by atoms with Crippen LogP contribution < -0.4 is 5.32 Å². The van der Waals surface area contributed by atoms with Crippen molar-refractivity contribution < 1.29 is 14.0 Å². The van der Waals surface area contributed by atoms with Gasteiger partial charge in [-0.3, -0.25) is 9.59 Å². The van der Waals surface area contributed by atoms with Crippen LogP contribution in [-0.4, -0.2) is 46.0 Å². The van der Waals surface area contributed by atoms with Gasteiger partial charge in [0.1, 0.15) is 10.6 Å². The van der Waals surface area contributed by atoms with Gasteiger partial charge in [-0.2, -0.15) is 0 Å². The van der Waals surface area contributed by atoms with E-state index in [-0.39, 0.29) is 23.8 Å². The van der Waals surface area contributed by atoms with Crippen LogP contribution in [0.15, 0.2) is 33.0 Å². The molecule has 1 saturated heterocycles. The van der Waals surface area contributed by atoms with Crippen LogP contribution in [0.4, 0.5) is 0 Å². The van der Waals surface area contributed by atoms with Crippen molar-refractivity contribution in [3.05, 3.63) is 40.6 Å². The van der Waals surface area contributed by atoms with E-state index in [9.17, 15) is 9.59 Å². The first-order valence-electron chi connectivity index (χ1n) is 10.5. The van der Waals surface area contributed by atoms with Crippen molar-refractivity contribution in [2.75, 3.05) is 13.1 Å². The quantitative estimate of drug-likeness (QED) is 0.555. The molecule has 2 aromatic heterocycles. The number of aromatic nitrogens is 2. The van der Waals surface area contributed by atoms with Gasteiger partial charge in [0.25, 0.3) is 5.91 Å². The largest absolute Gasteiger partial charge is 0.451 e. The lowest BCUT2D eigenvalue weighted by molar-refractivity contribution is -0.126. The van der Waals surface area contributed by atoms with Crippen LogP contribution in [0.25, 0.3) is 11.0 Å². The molecule has 0 atom stereocenters. The molecule has 1 aliphatic rings. The highest BCUT2D eigenvalue weighted by molar-refractivity contribution is 8.00. The SMILES string of the molecule is Cc1nnc(SCc2c(C(=O)N3CCC(C(=O)NC(C)C)CC3)oc3ccccc23)s1. The monoisotopic (exact) mass is 458 g/mol. The first-order chi connectivity index (χ1) is 14.9. The van der Waals surface area contributed by atoms with Gasteiger partial charge in [0, 0.05) is 41.8 Å². The number of hydrogen-bond donors (Lipinski definition) is 1. The minimum Gasteiger partial charge on any atom is -0.451 e. The van der Waals surface area contributed by atoms with Gasteiger partial charge < -0.3 is 14.6 Å². The number of nitrogens with zero attached hydrogens (tertiary/aromatic N) is 3. The fourth-order valence-corrected chi connectivity index (χ4v) is 5.62.